The van der Waals surface area contributed by atoms with Gasteiger partial charge in [-0.3, -0.25) is 0 Å². The van der Waals surface area contributed by atoms with Gasteiger partial charge in [0.25, 0.3) is 0 Å². The topological polar surface area (TPSA) is 50.2 Å². The molecule has 0 fully saturated rings. The molecule has 1 aromatic heterocycles. The highest BCUT2D eigenvalue weighted by Gasteiger charge is 2.11. The average Bonchev–Trinajstić information content (AvgIpc) is 2.97. The van der Waals surface area contributed by atoms with Gasteiger partial charge in [0.2, 0.25) is 0 Å². The highest BCUT2D eigenvalue weighted by Crippen LogP contribution is 2.25. The van der Waals surface area contributed by atoms with Crippen molar-refractivity contribution in [2.45, 2.75) is 19.9 Å². The molecule has 5 nitrogen and oxygen atoms in total. The van der Waals surface area contributed by atoms with Crippen molar-refractivity contribution in [3.05, 3.63) is 47.5 Å². The summed E-state index contributed by atoms with van der Waals surface area (Å²) < 4.78 is 1.99. The standard InChI is InChI=1S/C15H19ClN4O/c1-12-5-3-6-13(14(12)16)18-15(21)19(2)8-4-9-20-10-7-17-11-20/h3,5-7,10-11H,4,8-9H2,1-2H3,(H,18,21). The van der Waals surface area contributed by atoms with Gasteiger partial charge in [0.05, 0.1) is 17.0 Å². The van der Waals surface area contributed by atoms with E-state index in [0.717, 1.165) is 18.5 Å². The van der Waals surface area contributed by atoms with Crippen LogP contribution in [0.25, 0.3) is 0 Å². The van der Waals surface area contributed by atoms with E-state index in [0.29, 0.717) is 17.3 Å². The number of rotatable bonds is 5. The number of nitrogens with zero attached hydrogens (tertiary/aromatic N) is 3. The van der Waals surface area contributed by atoms with E-state index in [1.54, 1.807) is 30.5 Å². The van der Waals surface area contributed by atoms with Gasteiger partial charge in [-0.05, 0) is 25.0 Å². The monoisotopic (exact) mass is 306 g/mol. The lowest BCUT2D eigenvalue weighted by Crippen LogP contribution is -2.32. The van der Waals surface area contributed by atoms with Crippen molar-refractivity contribution in [3.63, 3.8) is 0 Å². The maximum atomic E-state index is 12.1. The molecule has 21 heavy (non-hydrogen) atoms. The van der Waals surface area contributed by atoms with Crippen molar-refractivity contribution in [1.29, 1.82) is 0 Å². The first-order chi connectivity index (χ1) is 10.1. The summed E-state index contributed by atoms with van der Waals surface area (Å²) in [6.45, 7) is 3.41. The van der Waals surface area contributed by atoms with Crippen LogP contribution in [0.1, 0.15) is 12.0 Å². The summed E-state index contributed by atoms with van der Waals surface area (Å²) in [5.74, 6) is 0. The Morgan fingerprint density at radius 3 is 3.00 bits per heavy atom. The maximum absolute atomic E-state index is 12.1. The molecule has 0 bridgehead atoms. The average molecular weight is 307 g/mol. The molecule has 2 aromatic rings. The zero-order chi connectivity index (χ0) is 15.2. The molecule has 2 rings (SSSR count). The molecule has 0 aliphatic carbocycles. The molecule has 0 saturated heterocycles. The van der Waals surface area contributed by atoms with Crippen LogP contribution in [-0.2, 0) is 6.54 Å². The summed E-state index contributed by atoms with van der Waals surface area (Å²) in [6.07, 6.45) is 6.29. The molecule has 6 heteroatoms. The smallest absolute Gasteiger partial charge is 0.321 e. The lowest BCUT2D eigenvalue weighted by Gasteiger charge is -2.19. The molecule has 112 valence electrons. The minimum atomic E-state index is -0.159. The van der Waals surface area contributed by atoms with Gasteiger partial charge >= 0.3 is 6.03 Å². The fourth-order valence-corrected chi connectivity index (χ4v) is 2.14. The quantitative estimate of drug-likeness (QED) is 0.920. The first-order valence-corrected chi connectivity index (χ1v) is 7.18. The van der Waals surface area contributed by atoms with Crippen LogP contribution >= 0.6 is 11.6 Å². The fourth-order valence-electron chi connectivity index (χ4n) is 1.97. The Hall–Kier alpha value is -2.01. The highest BCUT2D eigenvalue weighted by molar-refractivity contribution is 6.34. The summed E-state index contributed by atoms with van der Waals surface area (Å²) in [5.41, 5.74) is 1.58. The van der Waals surface area contributed by atoms with E-state index in [1.165, 1.54) is 0 Å². The second-order valence-electron chi connectivity index (χ2n) is 4.94. The SMILES string of the molecule is Cc1cccc(NC(=O)N(C)CCCn2ccnc2)c1Cl. The number of aromatic nitrogens is 2. The third-order valence-corrected chi connectivity index (χ3v) is 3.75. The largest absolute Gasteiger partial charge is 0.337 e. The number of hydrogen-bond acceptors (Lipinski definition) is 2. The molecule has 1 heterocycles. The minimum absolute atomic E-state index is 0.159. The number of hydrogen-bond donors (Lipinski definition) is 1. The van der Waals surface area contributed by atoms with Crippen molar-refractivity contribution in [3.8, 4) is 0 Å². The molecule has 0 spiro atoms. The summed E-state index contributed by atoms with van der Waals surface area (Å²) >= 11 is 6.17. The maximum Gasteiger partial charge on any atom is 0.321 e. The lowest BCUT2D eigenvalue weighted by atomic mass is 10.2. The van der Waals surface area contributed by atoms with Gasteiger partial charge in [-0.2, -0.15) is 0 Å². The van der Waals surface area contributed by atoms with E-state index >= 15 is 0 Å². The second-order valence-corrected chi connectivity index (χ2v) is 5.32. The van der Waals surface area contributed by atoms with Crippen LogP contribution < -0.4 is 5.32 Å². The van der Waals surface area contributed by atoms with Gasteiger partial charge in [0.15, 0.2) is 0 Å². The number of anilines is 1. The van der Waals surface area contributed by atoms with Crippen LogP contribution in [0, 0.1) is 6.92 Å². The third kappa shape index (κ3) is 4.23. The number of benzene rings is 1. The first-order valence-electron chi connectivity index (χ1n) is 6.81. The van der Waals surface area contributed by atoms with Crippen molar-refractivity contribution in [2.75, 3.05) is 18.9 Å². The molecular weight excluding hydrogens is 288 g/mol. The van der Waals surface area contributed by atoms with Gasteiger partial charge in [0, 0.05) is 32.5 Å². The van der Waals surface area contributed by atoms with Gasteiger partial charge in [-0.25, -0.2) is 9.78 Å². The number of urea groups is 1. The van der Waals surface area contributed by atoms with Gasteiger partial charge in [0.1, 0.15) is 0 Å². The fraction of sp³-hybridized carbons (Fsp3) is 0.333. The molecule has 2 amide bonds. The molecule has 0 aliphatic heterocycles. The molecule has 0 aliphatic rings. The van der Waals surface area contributed by atoms with E-state index in [9.17, 15) is 4.79 Å². The van der Waals surface area contributed by atoms with E-state index in [1.807, 2.05) is 29.8 Å². The normalized spacial score (nSPS) is 10.4. The summed E-state index contributed by atoms with van der Waals surface area (Å²) in [7, 11) is 1.77. The summed E-state index contributed by atoms with van der Waals surface area (Å²) in [4.78, 5) is 17.7. The molecule has 0 saturated carbocycles. The second kappa shape index (κ2) is 7.13. The number of imidazole rings is 1. The van der Waals surface area contributed by atoms with Crippen molar-refractivity contribution in [2.24, 2.45) is 0 Å². The minimum Gasteiger partial charge on any atom is -0.337 e. The number of carbonyl (C=O) groups excluding carboxylic acids is 1. The number of carbonyl (C=O) groups is 1. The Labute approximate surface area is 129 Å². The van der Waals surface area contributed by atoms with Gasteiger partial charge < -0.3 is 14.8 Å². The Bertz CT molecular complexity index is 598. The molecule has 0 unspecified atom stereocenters. The van der Waals surface area contributed by atoms with E-state index in [-0.39, 0.29) is 6.03 Å². The molecular formula is C15H19ClN4O. The predicted molar refractivity (Wildman–Crippen MR) is 84.7 cm³/mol. The van der Waals surface area contributed by atoms with Crippen molar-refractivity contribution in [1.82, 2.24) is 14.5 Å². The first kappa shape index (κ1) is 15.4. The zero-order valence-corrected chi connectivity index (χ0v) is 13.0. The molecule has 1 N–H and O–H groups in total. The molecule has 1 aromatic carbocycles. The highest BCUT2D eigenvalue weighted by atomic mass is 35.5. The van der Waals surface area contributed by atoms with Crippen LogP contribution in [0.15, 0.2) is 36.9 Å². The lowest BCUT2D eigenvalue weighted by molar-refractivity contribution is 0.221. The molecule has 0 atom stereocenters. The predicted octanol–water partition coefficient (Wildman–Crippen LogP) is 3.40. The van der Waals surface area contributed by atoms with E-state index in [4.69, 9.17) is 11.6 Å². The Morgan fingerprint density at radius 1 is 1.48 bits per heavy atom. The van der Waals surface area contributed by atoms with Crippen LogP contribution in [0.4, 0.5) is 10.5 Å². The molecule has 0 radical (unpaired) electrons. The Morgan fingerprint density at radius 2 is 2.29 bits per heavy atom. The summed E-state index contributed by atoms with van der Waals surface area (Å²) in [6, 6.07) is 5.42. The number of halogens is 1. The van der Waals surface area contributed by atoms with E-state index in [2.05, 4.69) is 10.3 Å². The van der Waals surface area contributed by atoms with Crippen LogP contribution in [0.3, 0.4) is 0 Å². The van der Waals surface area contributed by atoms with E-state index < -0.39 is 0 Å². The number of aryl methyl sites for hydroxylation is 2. The zero-order valence-electron chi connectivity index (χ0n) is 12.2. The number of amides is 2. The van der Waals surface area contributed by atoms with Crippen molar-refractivity contribution >= 4 is 23.3 Å². The van der Waals surface area contributed by atoms with Gasteiger partial charge in [-0.1, -0.05) is 23.7 Å². The Kier molecular flexibility index (Phi) is 5.22. The van der Waals surface area contributed by atoms with Gasteiger partial charge in [-0.15, -0.1) is 0 Å². The van der Waals surface area contributed by atoms with Crippen molar-refractivity contribution < 1.29 is 4.79 Å². The Balaban J connectivity index is 1.83. The van der Waals surface area contributed by atoms with Crippen LogP contribution in [-0.4, -0.2) is 34.1 Å². The third-order valence-electron chi connectivity index (χ3n) is 3.25. The summed E-state index contributed by atoms with van der Waals surface area (Å²) in [5, 5.41) is 3.41. The van der Waals surface area contributed by atoms with Crippen LogP contribution in [0.5, 0.6) is 0 Å². The number of nitrogens with one attached hydrogen (secondary N) is 1. The van der Waals surface area contributed by atoms with Crippen LogP contribution in [0.2, 0.25) is 5.02 Å².